The number of ether oxygens (including phenoxy) is 2. The topological polar surface area (TPSA) is 90.0 Å². The molecule has 1 heterocycles. The summed E-state index contributed by atoms with van der Waals surface area (Å²) in [5.74, 6) is 3.68. The van der Waals surface area contributed by atoms with Crippen LogP contribution in [0.2, 0.25) is 0 Å². The number of hydrogen-bond donors (Lipinski definition) is 2. The summed E-state index contributed by atoms with van der Waals surface area (Å²) in [5.41, 5.74) is 10.9. The minimum Gasteiger partial charge on any atom is -0.489 e. The summed E-state index contributed by atoms with van der Waals surface area (Å²) in [7, 11) is 0. The first-order valence-electron chi connectivity index (χ1n) is 15.6. The van der Waals surface area contributed by atoms with Crippen LogP contribution in [0.4, 0.5) is 0 Å². The second-order valence-electron chi connectivity index (χ2n) is 12.0. The van der Waals surface area contributed by atoms with Crippen molar-refractivity contribution < 1.29 is 14.7 Å². The van der Waals surface area contributed by atoms with Crippen molar-refractivity contribution in [2.45, 2.75) is 83.3 Å². The molecule has 4 aromatic rings. The number of nitrogens with zero attached hydrogens (tertiary/aromatic N) is 2. The van der Waals surface area contributed by atoms with Gasteiger partial charge in [0, 0.05) is 21.9 Å². The minimum atomic E-state index is 0.0753. The van der Waals surface area contributed by atoms with E-state index in [1.807, 2.05) is 11.3 Å². The highest BCUT2D eigenvalue weighted by Crippen LogP contribution is 2.48. The highest BCUT2D eigenvalue weighted by molar-refractivity contribution is 7.12. The lowest BCUT2D eigenvalue weighted by Crippen LogP contribution is -2.12. The molecular weight excluding hydrogens is 554 g/mol. The predicted molar refractivity (Wildman–Crippen MR) is 173 cm³/mol. The Balaban J connectivity index is 1.06. The van der Waals surface area contributed by atoms with E-state index in [-0.39, 0.29) is 5.84 Å². The molecule has 0 aliphatic heterocycles. The molecule has 43 heavy (non-hydrogen) atoms. The predicted octanol–water partition coefficient (Wildman–Crippen LogP) is 9.01. The normalized spacial score (nSPS) is 19.4. The van der Waals surface area contributed by atoms with Crippen molar-refractivity contribution in [3.63, 3.8) is 0 Å². The Morgan fingerprint density at radius 1 is 0.814 bits per heavy atom. The Kier molecular flexibility index (Phi) is 9.27. The van der Waals surface area contributed by atoms with E-state index < -0.39 is 0 Å². The van der Waals surface area contributed by atoms with Gasteiger partial charge in [-0.1, -0.05) is 68.4 Å². The lowest BCUT2D eigenvalue weighted by molar-refractivity contribution is 0.302. The minimum absolute atomic E-state index is 0.0753. The van der Waals surface area contributed by atoms with Crippen molar-refractivity contribution in [3.8, 4) is 22.8 Å². The fourth-order valence-corrected chi connectivity index (χ4v) is 7.95. The van der Waals surface area contributed by atoms with E-state index in [2.05, 4.69) is 60.6 Å². The third-order valence-electron chi connectivity index (χ3n) is 9.04. The van der Waals surface area contributed by atoms with Gasteiger partial charge in [0.1, 0.15) is 24.7 Å². The molecule has 7 heteroatoms. The summed E-state index contributed by atoms with van der Waals surface area (Å²) in [4.78, 5) is 6.83. The van der Waals surface area contributed by atoms with Crippen LogP contribution in [0, 0.1) is 5.92 Å². The van der Waals surface area contributed by atoms with E-state index >= 15 is 0 Å². The van der Waals surface area contributed by atoms with E-state index in [4.69, 9.17) is 25.4 Å². The number of hydrogen-bond acceptors (Lipinski definition) is 6. The molecule has 0 radical (unpaired) electrons. The van der Waals surface area contributed by atoms with Gasteiger partial charge in [0.05, 0.1) is 10.7 Å². The van der Waals surface area contributed by atoms with Crippen LogP contribution in [0.25, 0.3) is 11.3 Å². The van der Waals surface area contributed by atoms with Gasteiger partial charge in [-0.2, -0.15) is 0 Å². The molecule has 3 aromatic carbocycles. The molecule has 0 saturated heterocycles. The van der Waals surface area contributed by atoms with Crippen LogP contribution >= 0.6 is 11.3 Å². The SMILES string of the molecule is CC1CCCC1c1sc(C2CCCCC2)nc1-c1ccc(OCc2ccc(COc3ccc(C(N)=NO)cc3)cc2)cc1. The number of rotatable bonds is 10. The third-order valence-corrected chi connectivity index (χ3v) is 10.4. The summed E-state index contributed by atoms with van der Waals surface area (Å²) >= 11 is 2.01. The van der Waals surface area contributed by atoms with E-state index in [1.165, 1.54) is 72.5 Å². The average Bonchev–Trinajstić information content (AvgIpc) is 3.70. The maximum absolute atomic E-state index is 8.80. The molecule has 6 nitrogen and oxygen atoms in total. The molecule has 0 spiro atoms. The number of benzene rings is 3. The van der Waals surface area contributed by atoms with Crippen molar-refractivity contribution in [2.75, 3.05) is 0 Å². The molecule has 0 amide bonds. The number of thiazole rings is 1. The molecule has 6 rings (SSSR count). The zero-order valence-electron chi connectivity index (χ0n) is 24.9. The Bertz CT molecular complexity index is 1510. The van der Waals surface area contributed by atoms with Crippen molar-refractivity contribution in [2.24, 2.45) is 16.8 Å². The third kappa shape index (κ3) is 7.04. The molecule has 3 N–H and O–H groups in total. The van der Waals surface area contributed by atoms with Crippen LogP contribution in [0.3, 0.4) is 0 Å². The summed E-state index contributed by atoms with van der Waals surface area (Å²) in [6, 6.07) is 24.0. The Morgan fingerprint density at radius 3 is 1.98 bits per heavy atom. The van der Waals surface area contributed by atoms with E-state index in [1.54, 1.807) is 24.3 Å². The van der Waals surface area contributed by atoms with E-state index in [9.17, 15) is 0 Å². The first kappa shape index (κ1) is 29.2. The van der Waals surface area contributed by atoms with Gasteiger partial charge in [-0.15, -0.1) is 11.3 Å². The molecule has 2 saturated carbocycles. The highest BCUT2D eigenvalue weighted by Gasteiger charge is 2.31. The molecule has 2 fully saturated rings. The fraction of sp³-hybridized carbons (Fsp3) is 0.389. The van der Waals surface area contributed by atoms with Crippen LogP contribution in [0.1, 0.15) is 96.7 Å². The monoisotopic (exact) mass is 595 g/mol. The van der Waals surface area contributed by atoms with Gasteiger partial charge in [0.25, 0.3) is 0 Å². The first-order valence-corrected chi connectivity index (χ1v) is 16.4. The van der Waals surface area contributed by atoms with Gasteiger partial charge in [-0.25, -0.2) is 4.98 Å². The fourth-order valence-electron chi connectivity index (χ4n) is 6.42. The standard InChI is InChI=1S/C36H41N3O3S/c1-24-6-5-9-32(24)34-33(38-36(43-34)29-7-3-2-4-8-29)27-14-18-30(19-15-27)41-22-25-10-12-26(13-11-25)23-42-31-20-16-28(17-21-31)35(37)39-40/h10-21,24,29,32,40H,2-9,22-23H2,1H3,(H2,37,39). The van der Waals surface area contributed by atoms with Gasteiger partial charge in [0.2, 0.25) is 0 Å². The smallest absolute Gasteiger partial charge is 0.170 e. The van der Waals surface area contributed by atoms with Crippen molar-refractivity contribution in [1.29, 1.82) is 0 Å². The van der Waals surface area contributed by atoms with E-state index in [0.29, 0.717) is 30.6 Å². The lowest BCUT2D eigenvalue weighted by atomic mass is 9.90. The second-order valence-corrected chi connectivity index (χ2v) is 13.1. The van der Waals surface area contributed by atoms with Gasteiger partial charge in [-0.05, 0) is 90.8 Å². The molecule has 2 unspecified atom stereocenters. The second kappa shape index (κ2) is 13.6. The summed E-state index contributed by atoms with van der Waals surface area (Å²) in [6.45, 7) is 3.37. The summed E-state index contributed by atoms with van der Waals surface area (Å²) in [5, 5.41) is 13.2. The number of nitrogens with two attached hydrogens (primary N) is 1. The van der Waals surface area contributed by atoms with E-state index in [0.717, 1.165) is 28.5 Å². The van der Waals surface area contributed by atoms with Crippen molar-refractivity contribution >= 4 is 17.2 Å². The lowest BCUT2D eigenvalue weighted by Gasteiger charge is -2.19. The Hall–Kier alpha value is -3.84. The molecular formula is C36H41N3O3S. The van der Waals surface area contributed by atoms with Crippen LogP contribution < -0.4 is 15.2 Å². The van der Waals surface area contributed by atoms with Gasteiger partial charge < -0.3 is 20.4 Å². The van der Waals surface area contributed by atoms with Crippen molar-refractivity contribution in [1.82, 2.24) is 4.98 Å². The number of amidine groups is 1. The molecule has 0 bridgehead atoms. The Labute approximate surface area is 258 Å². The van der Waals surface area contributed by atoms with Gasteiger partial charge >= 0.3 is 0 Å². The average molecular weight is 596 g/mol. The van der Waals surface area contributed by atoms with Crippen LogP contribution in [-0.4, -0.2) is 16.0 Å². The Morgan fingerprint density at radius 2 is 1.42 bits per heavy atom. The van der Waals surface area contributed by atoms with Gasteiger partial charge in [0.15, 0.2) is 5.84 Å². The molecule has 2 aliphatic rings. The zero-order valence-corrected chi connectivity index (χ0v) is 25.7. The quantitative estimate of drug-likeness (QED) is 0.0826. The maximum atomic E-state index is 8.80. The van der Waals surface area contributed by atoms with Crippen molar-refractivity contribution in [3.05, 3.63) is 99.4 Å². The molecule has 224 valence electrons. The number of aromatic nitrogens is 1. The molecule has 1 aromatic heterocycles. The maximum Gasteiger partial charge on any atom is 0.170 e. The largest absolute Gasteiger partial charge is 0.489 e. The first-order chi connectivity index (χ1) is 21.1. The highest BCUT2D eigenvalue weighted by atomic mass is 32.1. The van der Waals surface area contributed by atoms with Gasteiger partial charge in [-0.3, -0.25) is 0 Å². The number of oxime groups is 1. The van der Waals surface area contributed by atoms with Crippen LogP contribution in [-0.2, 0) is 13.2 Å². The van der Waals surface area contributed by atoms with Crippen LogP contribution in [0.15, 0.2) is 78.0 Å². The molecule has 2 aliphatic carbocycles. The summed E-state index contributed by atoms with van der Waals surface area (Å²) in [6.07, 6.45) is 10.6. The molecule has 2 atom stereocenters. The van der Waals surface area contributed by atoms with Crippen LogP contribution in [0.5, 0.6) is 11.5 Å². The zero-order chi connectivity index (χ0) is 29.6. The summed E-state index contributed by atoms with van der Waals surface area (Å²) < 4.78 is 12.0.